The molecule has 1 aliphatic rings. The number of hydrogen-bond donors (Lipinski definition) is 2. The summed E-state index contributed by atoms with van der Waals surface area (Å²) in [4.78, 5) is 16.9. The second kappa shape index (κ2) is 8.08. The molecule has 3 rings (SSSR count). The Morgan fingerprint density at radius 1 is 1.07 bits per heavy atom. The fourth-order valence-electron chi connectivity index (χ4n) is 3.13. The molecular formula is C19H24N4O3S. The van der Waals surface area contributed by atoms with Gasteiger partial charge in [0.2, 0.25) is 10.0 Å². The minimum absolute atomic E-state index is 0.0327. The molecule has 0 aromatic heterocycles. The number of nitrogens with one attached hydrogen (secondary N) is 1. The van der Waals surface area contributed by atoms with Gasteiger partial charge in [0.1, 0.15) is 0 Å². The Morgan fingerprint density at radius 3 is 2.37 bits per heavy atom. The molecule has 0 radical (unpaired) electrons. The van der Waals surface area contributed by atoms with Gasteiger partial charge in [-0.1, -0.05) is 30.3 Å². The number of nitrogens with two attached hydrogens (primary N) is 1. The first-order chi connectivity index (χ1) is 12.9. The summed E-state index contributed by atoms with van der Waals surface area (Å²) >= 11 is 0. The van der Waals surface area contributed by atoms with E-state index in [-0.39, 0.29) is 22.1 Å². The molecule has 27 heavy (non-hydrogen) atoms. The van der Waals surface area contributed by atoms with Crippen LogP contribution in [0.3, 0.4) is 0 Å². The van der Waals surface area contributed by atoms with Crippen LogP contribution in [-0.2, 0) is 16.6 Å². The predicted molar refractivity (Wildman–Crippen MR) is 105 cm³/mol. The van der Waals surface area contributed by atoms with Crippen LogP contribution in [0.15, 0.2) is 53.4 Å². The van der Waals surface area contributed by atoms with Crippen LogP contribution in [0.4, 0.5) is 5.69 Å². The summed E-state index contributed by atoms with van der Waals surface area (Å²) in [5.74, 6) is -0.236. The quantitative estimate of drug-likeness (QED) is 0.749. The van der Waals surface area contributed by atoms with E-state index < -0.39 is 10.0 Å². The van der Waals surface area contributed by atoms with Crippen LogP contribution in [0.1, 0.15) is 15.9 Å². The number of nitrogens with zero attached hydrogens (tertiary/aromatic N) is 2. The molecule has 0 unspecified atom stereocenters. The van der Waals surface area contributed by atoms with Gasteiger partial charge < -0.3 is 10.6 Å². The van der Waals surface area contributed by atoms with E-state index in [1.54, 1.807) is 4.90 Å². The molecule has 0 saturated carbocycles. The number of anilines is 1. The first kappa shape index (κ1) is 19.3. The van der Waals surface area contributed by atoms with Gasteiger partial charge in [0, 0.05) is 38.4 Å². The van der Waals surface area contributed by atoms with Crippen molar-refractivity contribution in [3.8, 4) is 0 Å². The Balaban J connectivity index is 1.68. The largest absolute Gasteiger partial charge is 0.398 e. The standard InChI is InChI=1S/C19H24N4O3S/c1-21-27(25,26)16-7-8-18(20)17(13-16)19(24)23-11-9-22(10-12-23)14-15-5-3-2-4-6-15/h2-8,13,21H,9-12,14,20H2,1H3. The Morgan fingerprint density at radius 2 is 1.74 bits per heavy atom. The highest BCUT2D eigenvalue weighted by molar-refractivity contribution is 7.89. The van der Waals surface area contributed by atoms with E-state index >= 15 is 0 Å². The van der Waals surface area contributed by atoms with Crippen molar-refractivity contribution < 1.29 is 13.2 Å². The molecular weight excluding hydrogens is 364 g/mol. The lowest BCUT2D eigenvalue weighted by atomic mass is 10.1. The molecule has 0 aliphatic carbocycles. The van der Waals surface area contributed by atoms with Gasteiger partial charge in [0.05, 0.1) is 10.5 Å². The van der Waals surface area contributed by atoms with Crippen LogP contribution in [-0.4, -0.2) is 57.4 Å². The maximum Gasteiger partial charge on any atom is 0.256 e. The van der Waals surface area contributed by atoms with E-state index in [9.17, 15) is 13.2 Å². The third-order valence-corrected chi connectivity index (χ3v) is 6.15. The topological polar surface area (TPSA) is 95.7 Å². The summed E-state index contributed by atoms with van der Waals surface area (Å²) < 4.78 is 26.2. The molecule has 2 aromatic carbocycles. The van der Waals surface area contributed by atoms with Crippen molar-refractivity contribution in [2.75, 3.05) is 39.0 Å². The Bertz CT molecular complexity index is 908. The fourth-order valence-corrected chi connectivity index (χ4v) is 3.88. The predicted octanol–water partition coefficient (Wildman–Crippen LogP) is 1.13. The SMILES string of the molecule is CNS(=O)(=O)c1ccc(N)c(C(=O)N2CCN(Cc3ccccc3)CC2)c1. The van der Waals surface area contributed by atoms with E-state index in [4.69, 9.17) is 5.73 Å². The van der Waals surface area contributed by atoms with Gasteiger partial charge in [-0.2, -0.15) is 0 Å². The molecule has 7 nitrogen and oxygen atoms in total. The van der Waals surface area contributed by atoms with E-state index in [0.29, 0.717) is 13.1 Å². The van der Waals surface area contributed by atoms with Crippen LogP contribution in [0.2, 0.25) is 0 Å². The van der Waals surface area contributed by atoms with Crippen molar-refractivity contribution in [3.05, 3.63) is 59.7 Å². The molecule has 0 atom stereocenters. The number of carbonyl (C=O) groups is 1. The second-order valence-corrected chi connectivity index (χ2v) is 8.40. The lowest BCUT2D eigenvalue weighted by molar-refractivity contribution is 0.0629. The summed E-state index contributed by atoms with van der Waals surface area (Å²) in [7, 11) is -2.30. The molecule has 8 heteroatoms. The Labute approximate surface area is 159 Å². The third-order valence-electron chi connectivity index (χ3n) is 4.74. The van der Waals surface area contributed by atoms with E-state index in [2.05, 4.69) is 21.8 Å². The molecule has 3 N–H and O–H groups in total. The van der Waals surface area contributed by atoms with E-state index in [1.165, 1.54) is 30.8 Å². The monoisotopic (exact) mass is 388 g/mol. The van der Waals surface area contributed by atoms with Gasteiger partial charge in [-0.15, -0.1) is 0 Å². The number of sulfonamides is 1. The molecule has 1 saturated heterocycles. The summed E-state index contributed by atoms with van der Waals surface area (Å²) in [6.07, 6.45) is 0. The average molecular weight is 388 g/mol. The summed E-state index contributed by atoms with van der Waals surface area (Å²) in [5, 5.41) is 0. The van der Waals surface area contributed by atoms with Crippen molar-refractivity contribution >= 4 is 21.6 Å². The van der Waals surface area contributed by atoms with Crippen molar-refractivity contribution in [1.82, 2.24) is 14.5 Å². The zero-order valence-corrected chi connectivity index (χ0v) is 16.1. The molecule has 2 aromatic rings. The lowest BCUT2D eigenvalue weighted by Crippen LogP contribution is -2.48. The summed E-state index contributed by atoms with van der Waals surface area (Å²) in [6.45, 7) is 3.52. The van der Waals surface area contributed by atoms with Crippen molar-refractivity contribution in [2.45, 2.75) is 11.4 Å². The Hall–Kier alpha value is -2.42. The maximum absolute atomic E-state index is 12.9. The highest BCUT2D eigenvalue weighted by Gasteiger charge is 2.25. The van der Waals surface area contributed by atoms with E-state index in [1.807, 2.05) is 18.2 Å². The van der Waals surface area contributed by atoms with E-state index in [0.717, 1.165) is 19.6 Å². The molecule has 1 heterocycles. The van der Waals surface area contributed by atoms with Gasteiger partial charge in [-0.25, -0.2) is 13.1 Å². The molecule has 0 spiro atoms. The van der Waals surface area contributed by atoms with Gasteiger partial charge in [-0.05, 0) is 30.8 Å². The minimum Gasteiger partial charge on any atom is -0.398 e. The van der Waals surface area contributed by atoms with Crippen LogP contribution in [0.25, 0.3) is 0 Å². The van der Waals surface area contributed by atoms with Gasteiger partial charge in [0.15, 0.2) is 0 Å². The number of nitrogen functional groups attached to an aromatic ring is 1. The molecule has 0 bridgehead atoms. The minimum atomic E-state index is -3.63. The highest BCUT2D eigenvalue weighted by atomic mass is 32.2. The van der Waals surface area contributed by atoms with Crippen molar-refractivity contribution in [1.29, 1.82) is 0 Å². The summed E-state index contributed by atoms with van der Waals surface area (Å²) in [5.41, 5.74) is 7.68. The first-order valence-electron chi connectivity index (χ1n) is 8.79. The van der Waals surface area contributed by atoms with Crippen LogP contribution in [0.5, 0.6) is 0 Å². The van der Waals surface area contributed by atoms with Crippen LogP contribution in [0, 0.1) is 0 Å². The normalized spacial score (nSPS) is 15.7. The zero-order valence-electron chi connectivity index (χ0n) is 15.3. The first-order valence-corrected chi connectivity index (χ1v) is 10.3. The van der Waals surface area contributed by atoms with Gasteiger partial charge in [-0.3, -0.25) is 9.69 Å². The Kier molecular flexibility index (Phi) is 5.79. The number of benzene rings is 2. The molecule has 1 fully saturated rings. The molecule has 1 amide bonds. The number of piperazine rings is 1. The number of amides is 1. The second-order valence-electron chi connectivity index (χ2n) is 6.51. The highest BCUT2D eigenvalue weighted by Crippen LogP contribution is 2.20. The van der Waals surface area contributed by atoms with Gasteiger partial charge >= 0.3 is 0 Å². The van der Waals surface area contributed by atoms with Crippen molar-refractivity contribution in [2.24, 2.45) is 0 Å². The lowest BCUT2D eigenvalue weighted by Gasteiger charge is -2.35. The smallest absolute Gasteiger partial charge is 0.256 e. The summed E-state index contributed by atoms with van der Waals surface area (Å²) in [6, 6.07) is 14.4. The number of hydrogen-bond acceptors (Lipinski definition) is 5. The molecule has 144 valence electrons. The zero-order chi connectivity index (χ0) is 19.4. The van der Waals surface area contributed by atoms with Crippen molar-refractivity contribution in [3.63, 3.8) is 0 Å². The average Bonchev–Trinajstić information content (AvgIpc) is 2.69. The number of carbonyl (C=O) groups excluding carboxylic acids is 1. The third kappa shape index (κ3) is 4.47. The number of rotatable bonds is 5. The van der Waals surface area contributed by atoms with Crippen LogP contribution >= 0.6 is 0 Å². The maximum atomic E-state index is 12.9. The van der Waals surface area contributed by atoms with Crippen LogP contribution < -0.4 is 10.5 Å². The molecule has 1 aliphatic heterocycles. The fraction of sp³-hybridized carbons (Fsp3) is 0.316. The van der Waals surface area contributed by atoms with Gasteiger partial charge in [0.25, 0.3) is 5.91 Å².